The highest BCUT2D eigenvalue weighted by molar-refractivity contribution is 6.30. The van der Waals surface area contributed by atoms with Crippen LogP contribution in [0.2, 0.25) is 5.02 Å². The number of halogens is 2. The van der Waals surface area contributed by atoms with Crippen molar-refractivity contribution in [3.05, 3.63) is 34.6 Å². The standard InChI is InChI=1S/C13H16ClFO2/c1-3-6-13(2,12(16)17)8-9-4-5-11(15)10(14)7-9/h4-5,7H,3,6,8H2,1-2H3,(H,16,17). The lowest BCUT2D eigenvalue weighted by Gasteiger charge is -2.24. The van der Waals surface area contributed by atoms with Gasteiger partial charge in [0.05, 0.1) is 10.4 Å². The number of carboxylic acid groups (broad SMARTS) is 1. The molecule has 0 spiro atoms. The van der Waals surface area contributed by atoms with E-state index in [1.807, 2.05) is 6.92 Å². The summed E-state index contributed by atoms with van der Waals surface area (Å²) in [5.74, 6) is -1.32. The molecule has 1 aromatic carbocycles. The molecule has 17 heavy (non-hydrogen) atoms. The Labute approximate surface area is 105 Å². The van der Waals surface area contributed by atoms with E-state index in [1.54, 1.807) is 13.0 Å². The monoisotopic (exact) mass is 258 g/mol. The second-order valence-electron chi connectivity index (χ2n) is 4.54. The molecule has 0 radical (unpaired) electrons. The van der Waals surface area contributed by atoms with Gasteiger partial charge in [0.1, 0.15) is 5.82 Å². The second-order valence-corrected chi connectivity index (χ2v) is 4.95. The molecule has 0 heterocycles. The van der Waals surface area contributed by atoms with Crippen LogP contribution >= 0.6 is 11.6 Å². The zero-order chi connectivity index (χ0) is 13.1. The highest BCUT2D eigenvalue weighted by Gasteiger charge is 2.32. The van der Waals surface area contributed by atoms with Crippen LogP contribution in [0.1, 0.15) is 32.3 Å². The summed E-state index contributed by atoms with van der Waals surface area (Å²) in [6.07, 6.45) is 1.73. The first kappa shape index (κ1) is 14.0. The molecular weight excluding hydrogens is 243 g/mol. The Morgan fingerprint density at radius 1 is 1.53 bits per heavy atom. The number of rotatable bonds is 5. The van der Waals surface area contributed by atoms with Gasteiger partial charge in [-0.15, -0.1) is 0 Å². The smallest absolute Gasteiger partial charge is 0.309 e. The number of benzene rings is 1. The molecule has 0 amide bonds. The Balaban J connectivity index is 2.94. The van der Waals surface area contributed by atoms with Crippen LogP contribution in [0.4, 0.5) is 4.39 Å². The summed E-state index contributed by atoms with van der Waals surface area (Å²) in [4.78, 5) is 11.3. The van der Waals surface area contributed by atoms with Gasteiger partial charge in [-0.05, 0) is 37.5 Å². The first-order valence-corrected chi connectivity index (χ1v) is 5.94. The molecule has 1 atom stereocenters. The molecule has 0 fully saturated rings. The van der Waals surface area contributed by atoms with Crippen LogP contribution in [0.25, 0.3) is 0 Å². The molecule has 1 N–H and O–H groups in total. The van der Waals surface area contributed by atoms with E-state index in [0.717, 1.165) is 12.0 Å². The van der Waals surface area contributed by atoms with Gasteiger partial charge in [0.2, 0.25) is 0 Å². The Morgan fingerprint density at radius 3 is 2.65 bits per heavy atom. The van der Waals surface area contributed by atoms with Crippen LogP contribution < -0.4 is 0 Å². The van der Waals surface area contributed by atoms with E-state index in [0.29, 0.717) is 12.8 Å². The van der Waals surface area contributed by atoms with Crippen molar-refractivity contribution in [2.45, 2.75) is 33.1 Å². The summed E-state index contributed by atoms with van der Waals surface area (Å²) in [5, 5.41) is 9.28. The van der Waals surface area contributed by atoms with E-state index in [4.69, 9.17) is 11.6 Å². The molecule has 1 rings (SSSR count). The van der Waals surface area contributed by atoms with Crippen LogP contribution in [0.15, 0.2) is 18.2 Å². The lowest BCUT2D eigenvalue weighted by Crippen LogP contribution is -2.29. The summed E-state index contributed by atoms with van der Waals surface area (Å²) >= 11 is 5.68. The molecule has 0 aliphatic heterocycles. The minimum Gasteiger partial charge on any atom is -0.481 e. The topological polar surface area (TPSA) is 37.3 Å². The molecule has 1 unspecified atom stereocenters. The molecule has 0 saturated carbocycles. The predicted molar refractivity (Wildman–Crippen MR) is 65.8 cm³/mol. The molecule has 2 nitrogen and oxygen atoms in total. The Kier molecular flexibility index (Phi) is 4.52. The lowest BCUT2D eigenvalue weighted by atomic mass is 9.80. The van der Waals surface area contributed by atoms with Crippen LogP contribution in [-0.4, -0.2) is 11.1 Å². The molecule has 94 valence electrons. The van der Waals surface area contributed by atoms with Crippen LogP contribution in [0.3, 0.4) is 0 Å². The van der Waals surface area contributed by atoms with Gasteiger partial charge in [-0.1, -0.05) is 31.0 Å². The minimum atomic E-state index is -0.834. The normalized spacial score (nSPS) is 14.4. The number of carboxylic acids is 1. The fourth-order valence-electron chi connectivity index (χ4n) is 1.92. The van der Waals surface area contributed by atoms with Gasteiger partial charge in [-0.25, -0.2) is 4.39 Å². The number of carbonyl (C=O) groups is 1. The van der Waals surface area contributed by atoms with Crippen molar-refractivity contribution in [1.29, 1.82) is 0 Å². The van der Waals surface area contributed by atoms with Crippen molar-refractivity contribution >= 4 is 17.6 Å². The van der Waals surface area contributed by atoms with E-state index in [2.05, 4.69) is 0 Å². The van der Waals surface area contributed by atoms with E-state index in [1.165, 1.54) is 12.1 Å². The number of hydrogen-bond acceptors (Lipinski definition) is 1. The summed E-state index contributed by atoms with van der Waals surface area (Å²) < 4.78 is 13.0. The van der Waals surface area contributed by atoms with Gasteiger partial charge in [-0.2, -0.15) is 0 Å². The van der Waals surface area contributed by atoms with Crippen molar-refractivity contribution in [2.75, 3.05) is 0 Å². The van der Waals surface area contributed by atoms with Crippen molar-refractivity contribution in [2.24, 2.45) is 5.41 Å². The molecular formula is C13H16ClFO2. The number of aliphatic carboxylic acids is 1. The van der Waals surface area contributed by atoms with Crippen LogP contribution in [-0.2, 0) is 11.2 Å². The highest BCUT2D eigenvalue weighted by atomic mass is 35.5. The van der Waals surface area contributed by atoms with Gasteiger partial charge in [0.15, 0.2) is 0 Å². The largest absolute Gasteiger partial charge is 0.481 e. The highest BCUT2D eigenvalue weighted by Crippen LogP contribution is 2.30. The first-order valence-electron chi connectivity index (χ1n) is 5.56. The zero-order valence-corrected chi connectivity index (χ0v) is 10.7. The Bertz CT molecular complexity index is 420. The average Bonchev–Trinajstić information content (AvgIpc) is 2.23. The quantitative estimate of drug-likeness (QED) is 0.869. The molecule has 0 aliphatic carbocycles. The second kappa shape index (κ2) is 5.50. The number of hydrogen-bond donors (Lipinski definition) is 1. The zero-order valence-electron chi connectivity index (χ0n) is 9.96. The predicted octanol–water partition coefficient (Wildman–Crippen LogP) is 3.91. The molecule has 1 aromatic rings. The fraction of sp³-hybridized carbons (Fsp3) is 0.462. The van der Waals surface area contributed by atoms with Crippen molar-refractivity contribution in [1.82, 2.24) is 0 Å². The third kappa shape index (κ3) is 3.43. The maximum absolute atomic E-state index is 13.0. The maximum Gasteiger partial charge on any atom is 0.309 e. The van der Waals surface area contributed by atoms with Crippen LogP contribution in [0, 0.1) is 11.2 Å². The first-order chi connectivity index (χ1) is 7.89. The molecule has 0 saturated heterocycles. The lowest BCUT2D eigenvalue weighted by molar-refractivity contribution is -0.148. The van der Waals surface area contributed by atoms with E-state index in [9.17, 15) is 14.3 Å². The summed E-state index contributed by atoms with van der Waals surface area (Å²) in [6, 6.07) is 4.34. The summed E-state index contributed by atoms with van der Waals surface area (Å²) in [7, 11) is 0. The molecule has 0 aromatic heterocycles. The molecule has 0 bridgehead atoms. The van der Waals surface area contributed by atoms with Crippen LogP contribution in [0.5, 0.6) is 0 Å². The van der Waals surface area contributed by atoms with Crippen molar-refractivity contribution < 1.29 is 14.3 Å². The van der Waals surface area contributed by atoms with Gasteiger partial charge >= 0.3 is 5.97 Å². The van der Waals surface area contributed by atoms with E-state index in [-0.39, 0.29) is 5.02 Å². The van der Waals surface area contributed by atoms with Gasteiger partial charge in [0.25, 0.3) is 0 Å². The Morgan fingerprint density at radius 2 is 2.18 bits per heavy atom. The van der Waals surface area contributed by atoms with Gasteiger partial charge < -0.3 is 5.11 Å². The van der Waals surface area contributed by atoms with E-state index >= 15 is 0 Å². The third-order valence-corrected chi connectivity index (χ3v) is 3.19. The fourth-order valence-corrected chi connectivity index (χ4v) is 2.13. The van der Waals surface area contributed by atoms with Crippen molar-refractivity contribution in [3.8, 4) is 0 Å². The van der Waals surface area contributed by atoms with Gasteiger partial charge in [-0.3, -0.25) is 4.79 Å². The van der Waals surface area contributed by atoms with E-state index < -0.39 is 17.2 Å². The molecule has 0 aliphatic rings. The summed E-state index contributed by atoms with van der Waals surface area (Å²) in [5.41, 5.74) is -0.0784. The molecule has 4 heteroatoms. The van der Waals surface area contributed by atoms with Crippen molar-refractivity contribution in [3.63, 3.8) is 0 Å². The average molecular weight is 259 g/mol. The van der Waals surface area contributed by atoms with Gasteiger partial charge in [0, 0.05) is 0 Å². The maximum atomic E-state index is 13.0. The minimum absolute atomic E-state index is 0.0340. The third-order valence-electron chi connectivity index (χ3n) is 2.90. The SMILES string of the molecule is CCCC(C)(Cc1ccc(F)c(Cl)c1)C(=O)O. The Hall–Kier alpha value is -1.09. The summed E-state index contributed by atoms with van der Waals surface area (Å²) in [6.45, 7) is 3.65.